The third-order valence-electron chi connectivity index (χ3n) is 14.6. The summed E-state index contributed by atoms with van der Waals surface area (Å²) >= 11 is 0. The maximum absolute atomic E-state index is 14.7. The molecule has 0 bridgehead atoms. The molecular formula is C37H51NO6. The van der Waals surface area contributed by atoms with Crippen molar-refractivity contribution in [2.75, 3.05) is 19.8 Å². The van der Waals surface area contributed by atoms with Crippen molar-refractivity contribution in [1.82, 2.24) is 0 Å². The van der Waals surface area contributed by atoms with Gasteiger partial charge in [0.05, 0.1) is 25.4 Å². The van der Waals surface area contributed by atoms with E-state index >= 15 is 0 Å². The Morgan fingerprint density at radius 1 is 0.977 bits per heavy atom. The molecule has 2 saturated heterocycles. The van der Waals surface area contributed by atoms with Gasteiger partial charge >= 0.3 is 0 Å². The summed E-state index contributed by atoms with van der Waals surface area (Å²) in [4.78, 5) is 28.1. The van der Waals surface area contributed by atoms with E-state index in [-0.39, 0.29) is 81.5 Å². The summed E-state index contributed by atoms with van der Waals surface area (Å²) in [6.07, 6.45) is 9.48. The summed E-state index contributed by atoms with van der Waals surface area (Å²) in [6, 6.07) is 2.21. The number of nitrogens with zero attached hydrogens (tertiary/aromatic N) is 1. The number of hydrogen-bond donors (Lipinski definition) is 1. The molecule has 0 aromatic rings. The van der Waals surface area contributed by atoms with Crippen LogP contribution in [0.15, 0.2) is 23.3 Å². The van der Waals surface area contributed by atoms with Crippen molar-refractivity contribution in [2.24, 2.45) is 50.2 Å². The molecule has 0 aromatic heterocycles. The average molecular weight is 606 g/mol. The van der Waals surface area contributed by atoms with E-state index in [9.17, 15) is 20.0 Å². The Labute approximate surface area is 262 Å². The minimum atomic E-state index is -0.661. The van der Waals surface area contributed by atoms with Gasteiger partial charge in [-0.15, -0.1) is 0 Å². The van der Waals surface area contributed by atoms with E-state index in [0.29, 0.717) is 13.2 Å². The highest BCUT2D eigenvalue weighted by Crippen LogP contribution is 2.74. The number of ketones is 2. The predicted octanol–water partition coefficient (Wildman–Crippen LogP) is 5.75. The largest absolute Gasteiger partial charge is 0.388 e. The van der Waals surface area contributed by atoms with Crippen LogP contribution in [0.5, 0.6) is 0 Å². The molecule has 7 rings (SSSR count). The summed E-state index contributed by atoms with van der Waals surface area (Å²) in [5, 5.41) is 20.2. The monoisotopic (exact) mass is 605 g/mol. The molecule has 0 aromatic carbocycles. The molecule has 0 unspecified atom stereocenters. The lowest BCUT2D eigenvalue weighted by molar-refractivity contribution is -0.188. The number of nitriles is 1. The van der Waals surface area contributed by atoms with Crippen molar-refractivity contribution in [3.05, 3.63) is 23.3 Å². The van der Waals surface area contributed by atoms with Crippen molar-refractivity contribution in [3.63, 3.8) is 0 Å². The number of allylic oxidation sites excluding steroid dienone is 4. The molecule has 0 radical (unpaired) electrons. The standard InChI is InChI=1S/C37H51NO6/c1-32(2)10-12-37(20-44-25-19-43-29-24(40)18-42-30(25)29)13-11-36(7)28(22(37)16-32)23(39)14-27-34(5)15-21(17-38)31(41)33(3,4)26(34)8-9-35(27,36)6/h14-15,22,24-26,28-30,40H,8-13,16,18-20H2,1-7H3/t22-,24+,25-,26-,28-,29+,30+,34-,35+,36+,37+/m0/s1. The summed E-state index contributed by atoms with van der Waals surface area (Å²) < 4.78 is 18.5. The second-order valence-electron chi connectivity index (χ2n) is 17.6. The Kier molecular flexibility index (Phi) is 6.71. The fourth-order valence-electron chi connectivity index (χ4n) is 11.9. The highest BCUT2D eigenvalue weighted by molar-refractivity contribution is 6.04. The molecule has 7 nitrogen and oxygen atoms in total. The average Bonchev–Trinajstić information content (AvgIpc) is 3.53. The van der Waals surface area contributed by atoms with Crippen LogP contribution in [0.2, 0.25) is 0 Å². The van der Waals surface area contributed by atoms with Gasteiger partial charge in [0.15, 0.2) is 11.6 Å². The minimum Gasteiger partial charge on any atom is -0.388 e. The smallest absolute Gasteiger partial charge is 0.178 e. The lowest BCUT2D eigenvalue weighted by atomic mass is 9.34. The van der Waals surface area contributed by atoms with Crippen molar-refractivity contribution in [2.45, 2.75) is 118 Å². The van der Waals surface area contributed by atoms with Gasteiger partial charge in [-0.2, -0.15) is 5.26 Å². The molecule has 2 heterocycles. The number of ether oxygens (including phenoxy) is 3. The Hall–Kier alpha value is -1.85. The van der Waals surface area contributed by atoms with Crippen LogP contribution < -0.4 is 0 Å². The normalized spacial score (nSPS) is 50.3. The Morgan fingerprint density at radius 2 is 1.68 bits per heavy atom. The van der Waals surface area contributed by atoms with E-state index in [1.54, 1.807) is 0 Å². The van der Waals surface area contributed by atoms with E-state index < -0.39 is 16.9 Å². The van der Waals surface area contributed by atoms with Gasteiger partial charge in [0, 0.05) is 16.7 Å². The van der Waals surface area contributed by atoms with Gasteiger partial charge in [-0.3, -0.25) is 9.59 Å². The number of carbonyl (C=O) groups is 2. The zero-order chi connectivity index (χ0) is 31.7. The zero-order valence-corrected chi connectivity index (χ0v) is 27.7. The van der Waals surface area contributed by atoms with Crippen LogP contribution in [0.4, 0.5) is 0 Å². The summed E-state index contributed by atoms with van der Waals surface area (Å²) in [6.45, 7) is 17.0. The van der Waals surface area contributed by atoms with E-state index in [2.05, 4.69) is 40.7 Å². The Balaban J connectivity index is 1.27. The number of fused-ring (bicyclic) bond motifs is 8. The van der Waals surface area contributed by atoms with E-state index in [0.717, 1.165) is 50.5 Å². The van der Waals surface area contributed by atoms with Crippen molar-refractivity contribution >= 4 is 11.6 Å². The second kappa shape index (κ2) is 9.59. The maximum atomic E-state index is 14.7. The van der Waals surface area contributed by atoms with E-state index in [1.807, 2.05) is 26.0 Å². The molecule has 5 fully saturated rings. The van der Waals surface area contributed by atoms with Gasteiger partial charge in [-0.25, -0.2) is 0 Å². The molecule has 44 heavy (non-hydrogen) atoms. The van der Waals surface area contributed by atoms with Gasteiger partial charge in [-0.1, -0.05) is 60.1 Å². The van der Waals surface area contributed by atoms with Crippen LogP contribution in [-0.2, 0) is 23.8 Å². The number of hydrogen-bond acceptors (Lipinski definition) is 7. The van der Waals surface area contributed by atoms with Crippen LogP contribution in [-0.4, -0.2) is 60.9 Å². The van der Waals surface area contributed by atoms with Crippen LogP contribution in [0, 0.1) is 61.6 Å². The molecule has 7 heteroatoms. The summed E-state index contributed by atoms with van der Waals surface area (Å²) in [5.74, 6) is 0.289. The SMILES string of the molecule is CC1(C)CC[C@]2(CO[C@H]3CO[C@H]4[C@@H]3OC[C@H]4O)CC[C@]3(C)[C@H](C(=O)C=C4[C@@]5(C)C=C(C#N)C(=O)C(C)(C)[C@@H]5CC[C@]43C)[C@@H]2C1. The van der Waals surface area contributed by atoms with Gasteiger partial charge in [-0.05, 0) is 84.5 Å². The highest BCUT2D eigenvalue weighted by Gasteiger charge is 2.70. The van der Waals surface area contributed by atoms with Gasteiger partial charge < -0.3 is 19.3 Å². The first-order chi connectivity index (χ1) is 20.5. The first-order valence-corrected chi connectivity index (χ1v) is 17.0. The Bertz CT molecular complexity index is 1390. The minimum absolute atomic E-state index is 0.0466. The summed E-state index contributed by atoms with van der Waals surface area (Å²) in [5.41, 5.74) is -0.220. The first-order valence-electron chi connectivity index (χ1n) is 17.0. The molecule has 240 valence electrons. The first kappa shape index (κ1) is 30.8. The number of aliphatic hydroxyl groups is 1. The molecule has 11 atom stereocenters. The third kappa shape index (κ3) is 3.93. The van der Waals surface area contributed by atoms with Crippen molar-refractivity contribution < 1.29 is 28.9 Å². The number of carbonyl (C=O) groups excluding carboxylic acids is 2. The van der Waals surface area contributed by atoms with Crippen LogP contribution in [0.3, 0.4) is 0 Å². The molecule has 5 aliphatic carbocycles. The van der Waals surface area contributed by atoms with Crippen molar-refractivity contribution in [1.29, 1.82) is 5.26 Å². The molecule has 7 aliphatic rings. The fourth-order valence-corrected chi connectivity index (χ4v) is 11.9. The molecule has 2 aliphatic heterocycles. The molecule has 0 amide bonds. The van der Waals surface area contributed by atoms with E-state index in [1.165, 1.54) is 0 Å². The third-order valence-corrected chi connectivity index (χ3v) is 14.6. The lowest BCUT2D eigenvalue weighted by Crippen LogP contribution is -2.65. The maximum Gasteiger partial charge on any atom is 0.178 e. The quantitative estimate of drug-likeness (QED) is 0.437. The highest BCUT2D eigenvalue weighted by atomic mass is 16.6. The fraction of sp³-hybridized carbons (Fsp3) is 0.811. The lowest BCUT2D eigenvalue weighted by Gasteiger charge is -2.69. The number of rotatable bonds is 3. The second-order valence-corrected chi connectivity index (χ2v) is 17.6. The van der Waals surface area contributed by atoms with Gasteiger partial charge in [0.25, 0.3) is 0 Å². The van der Waals surface area contributed by atoms with Crippen LogP contribution >= 0.6 is 0 Å². The Morgan fingerprint density at radius 3 is 2.41 bits per heavy atom. The molecule has 3 saturated carbocycles. The van der Waals surface area contributed by atoms with Crippen LogP contribution in [0.25, 0.3) is 0 Å². The van der Waals surface area contributed by atoms with Crippen molar-refractivity contribution in [3.8, 4) is 6.07 Å². The van der Waals surface area contributed by atoms with E-state index in [4.69, 9.17) is 14.2 Å². The van der Waals surface area contributed by atoms with Gasteiger partial charge in [0.2, 0.25) is 0 Å². The molecular weight excluding hydrogens is 554 g/mol. The van der Waals surface area contributed by atoms with Crippen LogP contribution in [0.1, 0.15) is 93.4 Å². The topological polar surface area (TPSA) is 106 Å². The number of aliphatic hydroxyl groups excluding tert-OH is 1. The van der Waals surface area contributed by atoms with Gasteiger partial charge in [0.1, 0.15) is 30.5 Å². The number of Topliss-reactive ketones (excluding diaryl/α,β-unsaturated/α-hetero) is 1. The predicted molar refractivity (Wildman–Crippen MR) is 164 cm³/mol. The zero-order valence-electron chi connectivity index (χ0n) is 27.7. The molecule has 0 spiro atoms. The molecule has 1 N–H and O–H groups in total. The summed E-state index contributed by atoms with van der Waals surface area (Å²) in [7, 11) is 0.